The summed E-state index contributed by atoms with van der Waals surface area (Å²) in [7, 11) is -2.34. The average Bonchev–Trinajstić information content (AvgIpc) is 2.98. The number of nitrogens with one attached hydrogen (secondary N) is 1. The van der Waals surface area contributed by atoms with Crippen molar-refractivity contribution in [3.63, 3.8) is 0 Å². The summed E-state index contributed by atoms with van der Waals surface area (Å²) in [4.78, 5) is 12.9. The number of hydrogen-bond donors (Lipinski definition) is 1. The average molecular weight is 461 g/mol. The second-order valence-corrected chi connectivity index (χ2v) is 9.55. The van der Waals surface area contributed by atoms with Crippen molar-refractivity contribution in [1.29, 1.82) is 0 Å². The van der Waals surface area contributed by atoms with E-state index in [4.69, 9.17) is 11.6 Å². The minimum Gasteiger partial charge on any atom is -0.350 e. The monoisotopic (exact) mass is 460 g/mol. The van der Waals surface area contributed by atoms with Gasteiger partial charge in [-0.25, -0.2) is 8.42 Å². The number of nitrogens with zero attached hydrogens (tertiary/aromatic N) is 3. The van der Waals surface area contributed by atoms with E-state index in [1.807, 2.05) is 25.1 Å². The van der Waals surface area contributed by atoms with E-state index in [2.05, 4.69) is 10.4 Å². The molecule has 0 aliphatic rings. The third-order valence-corrected chi connectivity index (χ3v) is 7.43. The fraction of sp³-hybridized carbons (Fsp3) is 0.273. The van der Waals surface area contributed by atoms with Crippen LogP contribution < -0.4 is 9.62 Å². The number of halogens is 1. The molecule has 0 atom stereocenters. The smallest absolute Gasteiger partial charge is 0.268 e. The Morgan fingerprint density at radius 2 is 1.74 bits per heavy atom. The van der Waals surface area contributed by atoms with E-state index in [0.29, 0.717) is 22.1 Å². The molecule has 3 rings (SSSR count). The normalized spacial score (nSPS) is 11.4. The van der Waals surface area contributed by atoms with Crippen LogP contribution in [0.15, 0.2) is 53.4 Å². The van der Waals surface area contributed by atoms with E-state index in [-0.39, 0.29) is 18.0 Å². The summed E-state index contributed by atoms with van der Waals surface area (Å²) in [5.41, 5.74) is 3.03. The number of rotatable bonds is 7. The second-order valence-electron chi connectivity index (χ2n) is 7.34. The Balaban J connectivity index is 1.92. The highest BCUT2D eigenvalue weighted by Gasteiger charge is 2.32. The molecule has 164 valence electrons. The lowest BCUT2D eigenvalue weighted by Crippen LogP contribution is -2.41. The first-order valence-electron chi connectivity index (χ1n) is 9.71. The van der Waals surface area contributed by atoms with Gasteiger partial charge >= 0.3 is 0 Å². The summed E-state index contributed by atoms with van der Waals surface area (Å²) in [5, 5.41) is 7.52. The Hall–Kier alpha value is -2.84. The van der Waals surface area contributed by atoms with E-state index in [1.54, 1.807) is 51.2 Å². The number of aryl methyl sites for hydroxylation is 3. The van der Waals surface area contributed by atoms with Crippen LogP contribution in [0.1, 0.15) is 22.5 Å². The fourth-order valence-electron chi connectivity index (χ4n) is 3.29. The summed E-state index contributed by atoms with van der Waals surface area (Å²) in [6.07, 6.45) is 0. The highest BCUT2D eigenvalue weighted by atomic mass is 35.5. The van der Waals surface area contributed by atoms with Gasteiger partial charge in [-0.1, -0.05) is 47.5 Å². The van der Waals surface area contributed by atoms with Crippen LogP contribution in [-0.4, -0.2) is 30.7 Å². The maximum atomic E-state index is 13.6. The zero-order chi connectivity index (χ0) is 22.8. The Kier molecular flexibility index (Phi) is 6.71. The molecular formula is C22H25ClN4O3S. The molecule has 0 aliphatic carbocycles. The first-order valence-corrected chi connectivity index (χ1v) is 11.5. The summed E-state index contributed by atoms with van der Waals surface area (Å²) < 4.78 is 29.9. The van der Waals surface area contributed by atoms with Gasteiger partial charge in [0.25, 0.3) is 10.0 Å². The highest BCUT2D eigenvalue weighted by Crippen LogP contribution is 2.28. The summed E-state index contributed by atoms with van der Waals surface area (Å²) in [5.74, 6) is -0.441. The highest BCUT2D eigenvalue weighted by molar-refractivity contribution is 7.93. The van der Waals surface area contributed by atoms with Gasteiger partial charge in [0.15, 0.2) is 0 Å². The molecule has 0 saturated heterocycles. The molecular weight excluding hydrogens is 436 g/mol. The number of hydrogen-bond acceptors (Lipinski definition) is 4. The SMILES string of the molecule is Cc1ccc(N(CC(=O)NCc2ccccc2Cl)S(=O)(=O)c2c(C)nn(C)c2C)cc1. The van der Waals surface area contributed by atoms with Gasteiger partial charge in [0, 0.05) is 18.6 Å². The maximum absolute atomic E-state index is 13.6. The molecule has 1 amide bonds. The standard InChI is InChI=1S/C22H25ClN4O3S/c1-15-9-11-19(12-10-15)27(31(29,30)22-16(2)25-26(4)17(22)3)14-21(28)24-13-18-7-5-6-8-20(18)23/h5-12H,13-14H2,1-4H3,(H,24,28). The number of carbonyl (C=O) groups is 1. The van der Waals surface area contributed by atoms with Crippen molar-refractivity contribution in [3.05, 3.63) is 76.1 Å². The minimum atomic E-state index is -4.03. The summed E-state index contributed by atoms with van der Waals surface area (Å²) in [6, 6.07) is 14.2. The molecule has 0 bridgehead atoms. The van der Waals surface area contributed by atoms with Gasteiger partial charge in [-0.05, 0) is 44.5 Å². The third-order valence-electron chi connectivity index (χ3n) is 5.03. The van der Waals surface area contributed by atoms with Crippen LogP contribution >= 0.6 is 11.6 Å². The van der Waals surface area contributed by atoms with Crippen LogP contribution in [0.3, 0.4) is 0 Å². The van der Waals surface area contributed by atoms with Gasteiger partial charge in [0.1, 0.15) is 11.4 Å². The predicted octanol–water partition coefficient (Wildman–Crippen LogP) is 3.51. The summed E-state index contributed by atoms with van der Waals surface area (Å²) >= 11 is 6.15. The molecule has 1 heterocycles. The lowest BCUT2D eigenvalue weighted by Gasteiger charge is -2.24. The second kappa shape index (κ2) is 9.11. The molecule has 3 aromatic rings. The van der Waals surface area contributed by atoms with E-state index in [1.165, 1.54) is 4.68 Å². The van der Waals surface area contributed by atoms with Crippen molar-refractivity contribution in [2.24, 2.45) is 7.05 Å². The van der Waals surface area contributed by atoms with Gasteiger partial charge in [0.2, 0.25) is 5.91 Å². The molecule has 0 unspecified atom stereocenters. The van der Waals surface area contributed by atoms with Gasteiger partial charge in [-0.3, -0.25) is 13.8 Å². The Morgan fingerprint density at radius 3 is 2.32 bits per heavy atom. The lowest BCUT2D eigenvalue weighted by molar-refractivity contribution is -0.119. The molecule has 0 saturated carbocycles. The van der Waals surface area contributed by atoms with Crippen LogP contribution in [0.5, 0.6) is 0 Å². The van der Waals surface area contributed by atoms with E-state index >= 15 is 0 Å². The largest absolute Gasteiger partial charge is 0.350 e. The Labute approximate surface area is 187 Å². The quantitative estimate of drug-likeness (QED) is 0.584. The van der Waals surface area contributed by atoms with E-state index in [0.717, 1.165) is 15.4 Å². The number of sulfonamides is 1. The zero-order valence-corrected chi connectivity index (χ0v) is 19.5. The fourth-order valence-corrected chi connectivity index (χ4v) is 5.31. The van der Waals surface area contributed by atoms with Gasteiger partial charge < -0.3 is 5.32 Å². The molecule has 0 aliphatic heterocycles. The van der Waals surface area contributed by atoms with Crippen molar-refractivity contribution in [2.75, 3.05) is 10.8 Å². The van der Waals surface area contributed by atoms with Crippen molar-refractivity contribution in [1.82, 2.24) is 15.1 Å². The lowest BCUT2D eigenvalue weighted by atomic mass is 10.2. The van der Waals surface area contributed by atoms with Crippen LogP contribution in [0.2, 0.25) is 5.02 Å². The molecule has 0 spiro atoms. The van der Waals surface area contributed by atoms with Crippen molar-refractivity contribution in [3.8, 4) is 0 Å². The Bertz CT molecular complexity index is 1200. The maximum Gasteiger partial charge on any atom is 0.268 e. The van der Waals surface area contributed by atoms with Crippen molar-refractivity contribution < 1.29 is 13.2 Å². The molecule has 0 radical (unpaired) electrons. The van der Waals surface area contributed by atoms with Crippen LogP contribution in [-0.2, 0) is 28.4 Å². The number of aromatic nitrogens is 2. The number of amides is 1. The van der Waals surface area contributed by atoms with Crippen LogP contribution in [0.25, 0.3) is 0 Å². The first-order chi connectivity index (χ1) is 14.6. The van der Waals surface area contributed by atoms with Crippen molar-refractivity contribution >= 4 is 33.2 Å². The van der Waals surface area contributed by atoms with Crippen LogP contribution in [0.4, 0.5) is 5.69 Å². The summed E-state index contributed by atoms with van der Waals surface area (Å²) in [6.45, 7) is 5.07. The minimum absolute atomic E-state index is 0.106. The number of carbonyl (C=O) groups excluding carboxylic acids is 1. The predicted molar refractivity (Wildman–Crippen MR) is 122 cm³/mol. The molecule has 2 aromatic carbocycles. The Morgan fingerprint density at radius 1 is 1.10 bits per heavy atom. The van der Waals surface area contributed by atoms with Gasteiger partial charge in [0.05, 0.1) is 17.1 Å². The molecule has 9 heteroatoms. The van der Waals surface area contributed by atoms with E-state index in [9.17, 15) is 13.2 Å². The molecule has 1 N–H and O–H groups in total. The zero-order valence-electron chi connectivity index (χ0n) is 17.9. The van der Waals surface area contributed by atoms with Gasteiger partial charge in [-0.2, -0.15) is 5.10 Å². The molecule has 31 heavy (non-hydrogen) atoms. The van der Waals surface area contributed by atoms with Crippen molar-refractivity contribution in [2.45, 2.75) is 32.2 Å². The van der Waals surface area contributed by atoms with Gasteiger partial charge in [-0.15, -0.1) is 0 Å². The number of benzene rings is 2. The number of anilines is 1. The molecule has 1 aromatic heterocycles. The van der Waals surface area contributed by atoms with Crippen LogP contribution in [0, 0.1) is 20.8 Å². The first kappa shape index (κ1) is 22.8. The topological polar surface area (TPSA) is 84.3 Å². The van der Waals surface area contributed by atoms with E-state index < -0.39 is 15.9 Å². The third kappa shape index (κ3) is 4.91. The molecule has 7 nitrogen and oxygen atoms in total. The molecule has 0 fully saturated rings.